The van der Waals surface area contributed by atoms with Gasteiger partial charge in [-0.1, -0.05) is 28.1 Å². The molecule has 3 aromatic rings. The monoisotopic (exact) mass is 365 g/mol. The number of hydrogen-bond donors (Lipinski definition) is 0. The third kappa shape index (κ3) is 2.54. The molecule has 1 heterocycles. The zero-order valence-corrected chi connectivity index (χ0v) is 13.9. The van der Waals surface area contributed by atoms with Gasteiger partial charge >= 0.3 is 5.76 Å². The van der Waals surface area contributed by atoms with Gasteiger partial charge in [0.15, 0.2) is 5.58 Å². The molecule has 0 N–H and O–H groups in total. The van der Waals surface area contributed by atoms with Crippen molar-refractivity contribution in [3.05, 3.63) is 68.1 Å². The van der Waals surface area contributed by atoms with Crippen LogP contribution in [0.5, 0.6) is 0 Å². The van der Waals surface area contributed by atoms with Gasteiger partial charge in [0.1, 0.15) is 0 Å². The van der Waals surface area contributed by atoms with E-state index in [1.165, 1.54) is 4.57 Å². The largest absolute Gasteiger partial charge is 0.419 e. The summed E-state index contributed by atoms with van der Waals surface area (Å²) in [4.78, 5) is 11.5. The molecule has 1 unspecified atom stereocenters. The van der Waals surface area contributed by atoms with Gasteiger partial charge in [-0.05, 0) is 47.9 Å². The SMILES string of the molecule is Cc1ccc(Br)cc1C(Cl)c1ccc2c(c1)oc(=O)n2C. The Balaban J connectivity index is 2.11. The van der Waals surface area contributed by atoms with Crippen LogP contribution in [0.4, 0.5) is 0 Å². The van der Waals surface area contributed by atoms with E-state index in [1.54, 1.807) is 7.05 Å². The van der Waals surface area contributed by atoms with Gasteiger partial charge in [-0.3, -0.25) is 4.57 Å². The van der Waals surface area contributed by atoms with Crippen LogP contribution in [0, 0.1) is 6.92 Å². The summed E-state index contributed by atoms with van der Waals surface area (Å²) in [5.41, 5.74) is 4.37. The minimum absolute atomic E-state index is 0.294. The average Bonchev–Trinajstić information content (AvgIpc) is 2.75. The van der Waals surface area contributed by atoms with Gasteiger partial charge in [0, 0.05) is 11.5 Å². The summed E-state index contributed by atoms with van der Waals surface area (Å²) in [5.74, 6) is -0.369. The van der Waals surface area contributed by atoms with Crippen LogP contribution < -0.4 is 5.76 Å². The van der Waals surface area contributed by atoms with Gasteiger partial charge in [0.05, 0.1) is 10.9 Å². The van der Waals surface area contributed by atoms with E-state index >= 15 is 0 Å². The molecule has 0 aliphatic carbocycles. The lowest BCUT2D eigenvalue weighted by molar-refractivity contribution is 0.528. The van der Waals surface area contributed by atoms with E-state index in [-0.39, 0.29) is 11.1 Å². The molecule has 3 nitrogen and oxygen atoms in total. The highest BCUT2D eigenvalue weighted by molar-refractivity contribution is 9.10. The van der Waals surface area contributed by atoms with Crippen molar-refractivity contribution in [2.24, 2.45) is 7.05 Å². The highest BCUT2D eigenvalue weighted by Gasteiger charge is 2.16. The lowest BCUT2D eigenvalue weighted by Gasteiger charge is -2.13. The molecule has 1 atom stereocenters. The first-order valence-corrected chi connectivity index (χ1v) is 7.70. The fourth-order valence-corrected chi connectivity index (χ4v) is 3.12. The number of aromatic nitrogens is 1. The molecule has 0 amide bonds. The Morgan fingerprint density at radius 2 is 2.00 bits per heavy atom. The van der Waals surface area contributed by atoms with Gasteiger partial charge in [-0.25, -0.2) is 4.79 Å². The molecule has 108 valence electrons. The molecule has 0 radical (unpaired) electrons. The molecule has 5 heteroatoms. The maximum Gasteiger partial charge on any atom is 0.419 e. The summed E-state index contributed by atoms with van der Waals surface area (Å²) < 4.78 is 7.68. The molecule has 21 heavy (non-hydrogen) atoms. The Labute approximate surface area is 135 Å². The van der Waals surface area contributed by atoms with Crippen LogP contribution in [0.1, 0.15) is 22.1 Å². The van der Waals surface area contributed by atoms with Gasteiger partial charge in [-0.2, -0.15) is 0 Å². The standard InChI is InChI=1S/C16H13BrClNO2/c1-9-3-5-11(17)8-12(9)15(18)10-4-6-13-14(7-10)21-16(20)19(13)2/h3-8,15H,1-2H3. The molecule has 0 aliphatic heterocycles. The number of nitrogens with zero attached hydrogens (tertiary/aromatic N) is 1. The van der Waals surface area contributed by atoms with Crippen LogP contribution in [-0.2, 0) is 7.05 Å². The number of fused-ring (bicyclic) bond motifs is 1. The van der Waals surface area contributed by atoms with Gasteiger partial charge in [-0.15, -0.1) is 11.6 Å². The number of alkyl halides is 1. The smallest absolute Gasteiger partial charge is 0.408 e. The fraction of sp³-hybridized carbons (Fsp3) is 0.188. The summed E-state index contributed by atoms with van der Waals surface area (Å²) >= 11 is 10.1. The van der Waals surface area contributed by atoms with Crippen molar-refractivity contribution in [2.75, 3.05) is 0 Å². The van der Waals surface area contributed by atoms with E-state index in [9.17, 15) is 4.79 Å². The summed E-state index contributed by atoms with van der Waals surface area (Å²) in [7, 11) is 1.68. The van der Waals surface area contributed by atoms with E-state index < -0.39 is 0 Å². The maximum atomic E-state index is 11.5. The number of benzene rings is 2. The number of rotatable bonds is 2. The van der Waals surface area contributed by atoms with Crippen LogP contribution in [0.15, 0.2) is 50.1 Å². The number of oxazole rings is 1. The van der Waals surface area contributed by atoms with Crippen molar-refractivity contribution in [3.8, 4) is 0 Å². The predicted molar refractivity (Wildman–Crippen MR) is 88.0 cm³/mol. The molecule has 0 spiro atoms. The number of hydrogen-bond acceptors (Lipinski definition) is 2. The van der Waals surface area contributed by atoms with Gasteiger partial charge in [0.2, 0.25) is 0 Å². The Hall–Kier alpha value is -1.52. The first-order chi connectivity index (χ1) is 9.97. The van der Waals surface area contributed by atoms with E-state index in [1.807, 2.05) is 43.3 Å². The first-order valence-electron chi connectivity index (χ1n) is 6.47. The number of halogens is 2. The second-order valence-electron chi connectivity index (χ2n) is 5.02. The normalized spacial score (nSPS) is 12.8. The van der Waals surface area contributed by atoms with Gasteiger partial charge < -0.3 is 4.42 Å². The fourth-order valence-electron chi connectivity index (χ4n) is 2.37. The molecule has 0 saturated heterocycles. The summed E-state index contributed by atoms with van der Waals surface area (Å²) in [5, 5.41) is -0.294. The quantitative estimate of drug-likeness (QED) is 0.625. The van der Waals surface area contributed by atoms with Crippen LogP contribution in [0.3, 0.4) is 0 Å². The van der Waals surface area contributed by atoms with Gasteiger partial charge in [0.25, 0.3) is 0 Å². The van der Waals surface area contributed by atoms with Crippen LogP contribution >= 0.6 is 27.5 Å². The summed E-state index contributed by atoms with van der Waals surface area (Å²) in [6.45, 7) is 2.03. The zero-order valence-electron chi connectivity index (χ0n) is 11.6. The second kappa shape index (κ2) is 5.35. The lowest BCUT2D eigenvalue weighted by Crippen LogP contribution is -2.08. The molecule has 0 saturated carbocycles. The Morgan fingerprint density at radius 1 is 1.24 bits per heavy atom. The van der Waals surface area contributed by atoms with Crippen molar-refractivity contribution in [1.82, 2.24) is 4.57 Å². The second-order valence-corrected chi connectivity index (χ2v) is 6.37. The van der Waals surface area contributed by atoms with Crippen molar-refractivity contribution >= 4 is 38.6 Å². The molecule has 1 aromatic heterocycles. The van der Waals surface area contributed by atoms with Crippen LogP contribution in [0.25, 0.3) is 11.1 Å². The molecule has 0 aliphatic rings. The van der Waals surface area contributed by atoms with Crippen molar-refractivity contribution < 1.29 is 4.42 Å². The Morgan fingerprint density at radius 3 is 2.76 bits per heavy atom. The molecule has 0 bridgehead atoms. The minimum atomic E-state index is -0.369. The highest BCUT2D eigenvalue weighted by Crippen LogP contribution is 2.33. The van der Waals surface area contributed by atoms with E-state index in [2.05, 4.69) is 15.9 Å². The van der Waals surface area contributed by atoms with E-state index in [4.69, 9.17) is 16.0 Å². The predicted octanol–water partition coefficient (Wildman–Crippen LogP) is 4.53. The Kier molecular flexibility index (Phi) is 3.68. The Bertz CT molecular complexity index is 882. The van der Waals surface area contributed by atoms with E-state index in [0.29, 0.717) is 5.58 Å². The topological polar surface area (TPSA) is 35.1 Å². The average molecular weight is 367 g/mol. The first kappa shape index (κ1) is 14.4. The third-order valence-corrected chi connectivity index (χ3v) is 4.60. The van der Waals surface area contributed by atoms with Crippen molar-refractivity contribution in [2.45, 2.75) is 12.3 Å². The molecule has 0 fully saturated rings. The zero-order chi connectivity index (χ0) is 15.1. The summed E-state index contributed by atoms with van der Waals surface area (Å²) in [6, 6.07) is 11.6. The van der Waals surface area contributed by atoms with Crippen LogP contribution in [0.2, 0.25) is 0 Å². The molecular formula is C16H13BrClNO2. The van der Waals surface area contributed by atoms with Crippen LogP contribution in [-0.4, -0.2) is 4.57 Å². The van der Waals surface area contributed by atoms with Crippen molar-refractivity contribution in [1.29, 1.82) is 0 Å². The third-order valence-electron chi connectivity index (χ3n) is 3.62. The lowest BCUT2D eigenvalue weighted by atomic mass is 10.00. The molecule has 3 rings (SSSR count). The summed E-state index contributed by atoms with van der Waals surface area (Å²) in [6.07, 6.45) is 0. The molecular weight excluding hydrogens is 354 g/mol. The van der Waals surface area contributed by atoms with Crippen molar-refractivity contribution in [3.63, 3.8) is 0 Å². The number of aryl methyl sites for hydroxylation is 2. The highest BCUT2D eigenvalue weighted by atomic mass is 79.9. The van der Waals surface area contributed by atoms with E-state index in [0.717, 1.165) is 26.7 Å². The maximum absolute atomic E-state index is 11.5. The molecule has 2 aromatic carbocycles. The minimum Gasteiger partial charge on any atom is -0.408 e.